The summed E-state index contributed by atoms with van der Waals surface area (Å²) in [5.74, 6) is -0.253. The van der Waals surface area contributed by atoms with Crippen LogP contribution in [0.4, 0.5) is 5.13 Å². The van der Waals surface area contributed by atoms with Crippen LogP contribution >= 0.6 is 34.5 Å². The van der Waals surface area contributed by atoms with Crippen LogP contribution in [0.3, 0.4) is 0 Å². The fourth-order valence-corrected chi connectivity index (χ4v) is 4.46. The van der Waals surface area contributed by atoms with E-state index >= 15 is 0 Å². The number of methoxy groups -OCH3 is 1. The number of hydrogen-bond acceptors (Lipinski definition) is 5. The van der Waals surface area contributed by atoms with Crippen molar-refractivity contribution in [2.45, 2.75) is 40.0 Å². The van der Waals surface area contributed by atoms with Crippen LogP contribution in [-0.4, -0.2) is 24.6 Å². The van der Waals surface area contributed by atoms with Crippen molar-refractivity contribution in [3.05, 3.63) is 69.0 Å². The maximum absolute atomic E-state index is 12.3. The number of carbonyl (C=O) groups is 1. The molecule has 0 radical (unpaired) electrons. The summed E-state index contributed by atoms with van der Waals surface area (Å²) in [6, 6.07) is 15.5. The van der Waals surface area contributed by atoms with Gasteiger partial charge in [0.1, 0.15) is 0 Å². The molecule has 3 aromatic rings. The summed E-state index contributed by atoms with van der Waals surface area (Å²) >= 11 is 13.9. The van der Waals surface area contributed by atoms with Crippen molar-refractivity contribution in [2.75, 3.05) is 19.0 Å². The van der Waals surface area contributed by atoms with Crippen molar-refractivity contribution < 1.29 is 9.53 Å². The largest absolute Gasteiger partial charge is 0.469 e. The zero-order chi connectivity index (χ0) is 23.7. The average molecular weight is 494 g/mol. The Morgan fingerprint density at radius 3 is 2.38 bits per heavy atom. The van der Waals surface area contributed by atoms with Gasteiger partial charge in [-0.3, -0.25) is 4.79 Å². The van der Waals surface area contributed by atoms with Gasteiger partial charge in [0.05, 0.1) is 28.8 Å². The zero-order valence-corrected chi connectivity index (χ0v) is 21.4. The molecule has 7 heteroatoms. The van der Waals surface area contributed by atoms with E-state index in [0.29, 0.717) is 28.9 Å². The molecule has 1 heterocycles. The fraction of sp³-hybridized carbons (Fsp3) is 0.360. The Balaban J connectivity index is 0.00000176. The van der Waals surface area contributed by atoms with Gasteiger partial charge in [0.25, 0.3) is 0 Å². The van der Waals surface area contributed by atoms with E-state index in [1.165, 1.54) is 7.11 Å². The summed E-state index contributed by atoms with van der Waals surface area (Å²) in [7, 11) is 1.42. The van der Waals surface area contributed by atoms with E-state index in [2.05, 4.69) is 19.2 Å². The van der Waals surface area contributed by atoms with Crippen LogP contribution in [0.2, 0.25) is 10.0 Å². The van der Waals surface area contributed by atoms with Crippen LogP contribution in [0.25, 0.3) is 11.3 Å². The molecule has 2 aromatic carbocycles. The number of hydrogen-bond donors (Lipinski definition) is 1. The second-order valence-corrected chi connectivity index (χ2v) is 9.15. The van der Waals surface area contributed by atoms with Gasteiger partial charge in [-0.25, -0.2) is 4.98 Å². The number of anilines is 1. The molecule has 0 aliphatic carbocycles. The van der Waals surface area contributed by atoms with Crippen LogP contribution in [0.1, 0.15) is 44.1 Å². The molecular formula is C25H30Cl2N2O2S. The van der Waals surface area contributed by atoms with Gasteiger partial charge in [-0.1, -0.05) is 87.3 Å². The summed E-state index contributed by atoms with van der Waals surface area (Å²) in [4.78, 5) is 18.2. The number of nitrogens with one attached hydrogen (secondary N) is 1. The summed E-state index contributed by atoms with van der Waals surface area (Å²) in [6.07, 6.45) is 0.600. The molecule has 0 fully saturated rings. The van der Waals surface area contributed by atoms with E-state index in [1.807, 2.05) is 56.3 Å². The van der Waals surface area contributed by atoms with Gasteiger partial charge in [-0.05, 0) is 30.0 Å². The summed E-state index contributed by atoms with van der Waals surface area (Å²) < 4.78 is 5.01. The maximum atomic E-state index is 12.3. The van der Waals surface area contributed by atoms with Gasteiger partial charge in [0.2, 0.25) is 0 Å². The predicted octanol–water partition coefficient (Wildman–Crippen LogP) is 7.71. The Hall–Kier alpha value is -2.08. The third kappa shape index (κ3) is 6.96. The first kappa shape index (κ1) is 26.2. The molecule has 3 rings (SSSR count). The number of aromatic nitrogens is 1. The molecule has 0 amide bonds. The van der Waals surface area contributed by atoms with Crippen molar-refractivity contribution in [2.24, 2.45) is 5.92 Å². The molecular weight excluding hydrogens is 463 g/mol. The monoisotopic (exact) mass is 492 g/mol. The number of carbonyl (C=O) groups excluding carboxylic acids is 1. The van der Waals surface area contributed by atoms with E-state index in [1.54, 1.807) is 17.4 Å². The molecule has 32 heavy (non-hydrogen) atoms. The van der Waals surface area contributed by atoms with Crippen LogP contribution in [0.15, 0.2) is 48.5 Å². The smallest absolute Gasteiger partial charge is 0.310 e. The Morgan fingerprint density at radius 2 is 1.78 bits per heavy atom. The highest BCUT2D eigenvalue weighted by Gasteiger charge is 2.22. The van der Waals surface area contributed by atoms with Gasteiger partial charge in [0, 0.05) is 17.0 Å². The van der Waals surface area contributed by atoms with E-state index in [-0.39, 0.29) is 11.9 Å². The Kier molecular flexibility index (Phi) is 10.5. The molecule has 1 N–H and O–H groups in total. The van der Waals surface area contributed by atoms with Crippen LogP contribution in [0.5, 0.6) is 0 Å². The van der Waals surface area contributed by atoms with Crippen LogP contribution < -0.4 is 5.32 Å². The molecule has 1 unspecified atom stereocenters. The van der Waals surface area contributed by atoms with E-state index in [9.17, 15) is 4.79 Å². The quantitative estimate of drug-likeness (QED) is 0.327. The summed E-state index contributed by atoms with van der Waals surface area (Å²) in [5, 5.41) is 5.12. The molecule has 0 saturated heterocycles. The minimum Gasteiger partial charge on any atom is -0.469 e. The lowest BCUT2D eigenvalue weighted by atomic mass is 9.99. The molecule has 0 aliphatic heterocycles. The summed E-state index contributed by atoms with van der Waals surface area (Å²) in [5.41, 5.74) is 2.90. The molecule has 1 atom stereocenters. The van der Waals surface area contributed by atoms with E-state index < -0.39 is 0 Å². The second-order valence-electron chi connectivity index (χ2n) is 7.31. The van der Waals surface area contributed by atoms with Crippen molar-refractivity contribution in [3.63, 3.8) is 0 Å². The Morgan fingerprint density at radius 1 is 1.09 bits per heavy atom. The second kappa shape index (κ2) is 12.8. The fourth-order valence-electron chi connectivity index (χ4n) is 3.16. The molecule has 172 valence electrons. The lowest BCUT2D eigenvalue weighted by Gasteiger charge is -2.15. The lowest BCUT2D eigenvalue weighted by Crippen LogP contribution is -2.26. The number of esters is 1. The number of benzene rings is 2. The molecule has 0 spiro atoms. The number of nitrogens with zero attached hydrogens (tertiary/aromatic N) is 1. The van der Waals surface area contributed by atoms with Gasteiger partial charge in [-0.15, -0.1) is 11.3 Å². The highest BCUT2D eigenvalue weighted by Crippen LogP contribution is 2.38. The standard InChI is InChI=1S/C23H24Cl2N2O2S.C2H6/c1-14(2)21-20(16-9-10-18(24)19(25)12-16)27-23(30-21)26-13-17(22(28)29-3)11-15-7-5-4-6-8-15;1-2/h4-10,12,14,17H,11,13H2,1-3H3,(H,26,27);1-2H3. The van der Waals surface area contributed by atoms with Crippen molar-refractivity contribution in [1.82, 2.24) is 4.98 Å². The SMILES string of the molecule is CC.COC(=O)C(CNc1nc(-c2ccc(Cl)c(Cl)c2)c(C(C)C)s1)Cc1ccccc1. The molecule has 0 aliphatic rings. The van der Waals surface area contributed by atoms with Gasteiger partial charge in [-0.2, -0.15) is 0 Å². The van der Waals surface area contributed by atoms with Crippen LogP contribution in [-0.2, 0) is 16.0 Å². The number of halogens is 2. The first-order valence-corrected chi connectivity index (χ1v) is 12.3. The molecule has 0 saturated carbocycles. The van der Waals surface area contributed by atoms with Gasteiger partial charge >= 0.3 is 5.97 Å². The topological polar surface area (TPSA) is 51.2 Å². The molecule has 0 bridgehead atoms. The average Bonchev–Trinajstić information content (AvgIpc) is 3.24. The lowest BCUT2D eigenvalue weighted by molar-refractivity contribution is -0.144. The van der Waals surface area contributed by atoms with Crippen molar-refractivity contribution >= 4 is 45.6 Å². The summed E-state index contributed by atoms with van der Waals surface area (Å²) in [6.45, 7) is 8.70. The first-order chi connectivity index (χ1) is 15.4. The predicted molar refractivity (Wildman–Crippen MR) is 137 cm³/mol. The zero-order valence-electron chi connectivity index (χ0n) is 19.1. The Bertz CT molecular complexity index is 1010. The highest BCUT2D eigenvalue weighted by atomic mass is 35.5. The van der Waals surface area contributed by atoms with E-state index in [4.69, 9.17) is 32.9 Å². The van der Waals surface area contributed by atoms with Gasteiger partial charge in [0.15, 0.2) is 5.13 Å². The minimum absolute atomic E-state index is 0.239. The third-order valence-corrected chi connectivity index (χ3v) is 6.78. The maximum Gasteiger partial charge on any atom is 0.310 e. The van der Waals surface area contributed by atoms with Gasteiger partial charge < -0.3 is 10.1 Å². The molecule has 4 nitrogen and oxygen atoms in total. The number of thiazole rings is 1. The van der Waals surface area contributed by atoms with Crippen LogP contribution in [0, 0.1) is 5.92 Å². The highest BCUT2D eigenvalue weighted by molar-refractivity contribution is 7.16. The Labute approximate surface area is 204 Å². The number of ether oxygens (including phenoxy) is 1. The first-order valence-electron chi connectivity index (χ1n) is 10.7. The van der Waals surface area contributed by atoms with E-state index in [0.717, 1.165) is 26.8 Å². The minimum atomic E-state index is -0.308. The number of rotatable bonds is 8. The molecule has 1 aromatic heterocycles. The third-order valence-electron chi connectivity index (χ3n) is 4.73. The van der Waals surface area contributed by atoms with Crippen molar-refractivity contribution in [3.8, 4) is 11.3 Å². The normalized spacial score (nSPS) is 11.5. The van der Waals surface area contributed by atoms with Crippen molar-refractivity contribution in [1.29, 1.82) is 0 Å².